The normalized spacial score (nSPS) is 11.8. The first-order valence-corrected chi connectivity index (χ1v) is 7.93. The molecule has 0 fully saturated rings. The van der Waals surface area contributed by atoms with Crippen molar-refractivity contribution >= 4 is 22.6 Å². The van der Waals surface area contributed by atoms with Crippen molar-refractivity contribution in [3.05, 3.63) is 48.0 Å². The zero-order valence-corrected chi connectivity index (χ0v) is 16.5. The molecular weight excluding hydrogens is 313 g/mol. The van der Waals surface area contributed by atoms with Crippen molar-refractivity contribution in [2.75, 3.05) is 0 Å². The number of aliphatic carboxylic acids is 1. The van der Waals surface area contributed by atoms with Gasteiger partial charge in [0.05, 0.1) is 12.0 Å². The Morgan fingerprint density at radius 3 is 2.38 bits per heavy atom. The first kappa shape index (κ1) is 20.7. The van der Waals surface area contributed by atoms with E-state index in [1.165, 1.54) is 0 Å². The number of carbonyl (C=O) groups is 2. The first-order valence-electron chi connectivity index (χ1n) is 7.93. The Bertz CT molecular complexity index is 700. The maximum atomic E-state index is 11.9. The van der Waals surface area contributed by atoms with Gasteiger partial charge in [-0.1, -0.05) is 56.3 Å². The second-order valence-electron chi connectivity index (χ2n) is 6.26. The Kier molecular flexibility index (Phi) is 8.46. The molecule has 1 atom stereocenters. The van der Waals surface area contributed by atoms with E-state index in [-0.39, 0.29) is 41.9 Å². The zero-order chi connectivity index (χ0) is 16.8. The molecule has 0 aliphatic rings. The quantitative estimate of drug-likeness (QED) is 0.664. The van der Waals surface area contributed by atoms with Gasteiger partial charge in [-0.25, -0.2) is 0 Å². The molecule has 1 unspecified atom stereocenters. The number of hydrogen-bond acceptors (Lipinski definition) is 3. The minimum atomic E-state index is -1.25. The Morgan fingerprint density at radius 2 is 1.75 bits per heavy atom. The van der Waals surface area contributed by atoms with Crippen LogP contribution in [0, 0.1) is 5.92 Å². The molecule has 0 saturated carbocycles. The van der Waals surface area contributed by atoms with Crippen LogP contribution in [0.3, 0.4) is 0 Å². The van der Waals surface area contributed by atoms with Crippen LogP contribution in [-0.4, -0.2) is 17.9 Å². The minimum Gasteiger partial charge on any atom is -0.548 e. The van der Waals surface area contributed by atoms with E-state index in [1.807, 2.05) is 56.3 Å². The molecule has 1 amide bonds. The molecule has 0 heterocycles. The van der Waals surface area contributed by atoms with E-state index >= 15 is 0 Å². The second-order valence-corrected chi connectivity index (χ2v) is 6.26. The topological polar surface area (TPSA) is 69.2 Å². The van der Waals surface area contributed by atoms with Crippen LogP contribution < -0.4 is 40.0 Å². The van der Waals surface area contributed by atoms with Crippen LogP contribution in [0.15, 0.2) is 42.5 Å². The molecular formula is C19H22NNaO3. The fourth-order valence-electron chi connectivity index (χ4n) is 2.48. The molecule has 0 bridgehead atoms. The summed E-state index contributed by atoms with van der Waals surface area (Å²) in [6.45, 7) is 4.05. The zero-order valence-electron chi connectivity index (χ0n) is 14.5. The fraction of sp³-hybridized carbons (Fsp3) is 0.368. The van der Waals surface area contributed by atoms with Gasteiger partial charge >= 0.3 is 29.6 Å². The summed E-state index contributed by atoms with van der Waals surface area (Å²) in [6.07, 6.45) is 1.29. The minimum absolute atomic E-state index is 0. The predicted octanol–water partition coefficient (Wildman–Crippen LogP) is -0.943. The Morgan fingerprint density at radius 1 is 1.08 bits per heavy atom. The summed E-state index contributed by atoms with van der Waals surface area (Å²) in [5.74, 6) is -1.09. The van der Waals surface area contributed by atoms with Crippen molar-refractivity contribution in [3.63, 3.8) is 0 Å². The average molecular weight is 335 g/mol. The van der Waals surface area contributed by atoms with Crippen LogP contribution in [0.1, 0.15) is 32.3 Å². The summed E-state index contributed by atoms with van der Waals surface area (Å²) in [6, 6.07) is 12.7. The molecule has 4 nitrogen and oxygen atoms in total. The van der Waals surface area contributed by atoms with E-state index in [4.69, 9.17) is 0 Å². The van der Waals surface area contributed by atoms with Gasteiger partial charge in [0.2, 0.25) is 5.91 Å². The van der Waals surface area contributed by atoms with Gasteiger partial charge in [0.25, 0.3) is 0 Å². The Hall–Kier alpha value is -1.36. The van der Waals surface area contributed by atoms with E-state index in [2.05, 4.69) is 5.32 Å². The number of rotatable bonds is 7. The molecule has 24 heavy (non-hydrogen) atoms. The molecule has 0 aliphatic heterocycles. The molecule has 0 saturated heterocycles. The summed E-state index contributed by atoms with van der Waals surface area (Å²) >= 11 is 0. The monoisotopic (exact) mass is 335 g/mol. The van der Waals surface area contributed by atoms with E-state index in [0.717, 1.165) is 22.8 Å². The van der Waals surface area contributed by atoms with Crippen molar-refractivity contribution in [2.24, 2.45) is 5.92 Å². The predicted molar refractivity (Wildman–Crippen MR) is 88.7 cm³/mol. The van der Waals surface area contributed by atoms with Crippen molar-refractivity contribution in [2.45, 2.75) is 39.2 Å². The van der Waals surface area contributed by atoms with Gasteiger partial charge in [0.1, 0.15) is 0 Å². The van der Waals surface area contributed by atoms with Crippen LogP contribution in [0.2, 0.25) is 0 Å². The number of benzene rings is 2. The third kappa shape index (κ3) is 6.27. The molecule has 0 aliphatic carbocycles. The maximum Gasteiger partial charge on any atom is 1.00 e. The van der Waals surface area contributed by atoms with Crippen molar-refractivity contribution in [3.8, 4) is 0 Å². The van der Waals surface area contributed by atoms with Crippen molar-refractivity contribution < 1.29 is 44.3 Å². The molecule has 5 heteroatoms. The van der Waals surface area contributed by atoms with Crippen molar-refractivity contribution in [1.82, 2.24) is 5.32 Å². The summed E-state index contributed by atoms with van der Waals surface area (Å²) in [5, 5.41) is 16.0. The smallest absolute Gasteiger partial charge is 0.548 e. The number of amides is 1. The molecule has 1 N–H and O–H groups in total. The average Bonchev–Trinajstić information content (AvgIpc) is 2.52. The summed E-state index contributed by atoms with van der Waals surface area (Å²) < 4.78 is 0. The maximum absolute atomic E-state index is 11.9. The summed E-state index contributed by atoms with van der Waals surface area (Å²) in [7, 11) is 0. The van der Waals surface area contributed by atoms with Crippen LogP contribution in [0.5, 0.6) is 0 Å². The van der Waals surface area contributed by atoms with E-state index in [0.29, 0.717) is 12.3 Å². The first-order chi connectivity index (χ1) is 11.0. The molecule has 2 rings (SSSR count). The molecule has 2 aromatic carbocycles. The van der Waals surface area contributed by atoms with Gasteiger partial charge in [0.15, 0.2) is 0 Å². The van der Waals surface area contributed by atoms with Crippen LogP contribution >= 0.6 is 0 Å². The van der Waals surface area contributed by atoms with Gasteiger partial charge in [-0.15, -0.1) is 0 Å². The molecule has 0 spiro atoms. The Labute approximate surface area is 164 Å². The van der Waals surface area contributed by atoms with Crippen molar-refractivity contribution in [1.29, 1.82) is 0 Å². The van der Waals surface area contributed by atoms with Gasteiger partial charge in [-0.2, -0.15) is 0 Å². The van der Waals surface area contributed by atoms with Gasteiger partial charge in [-0.05, 0) is 35.1 Å². The van der Waals surface area contributed by atoms with E-state index < -0.39 is 12.0 Å². The Balaban J connectivity index is 0.00000288. The van der Waals surface area contributed by atoms with E-state index in [9.17, 15) is 14.7 Å². The standard InChI is InChI=1S/C19H23NO3.Na/c1-13(2)7-10-18(21)20-17(19(22)23)12-14-8-9-15-5-3-4-6-16(15)11-14;/h3-6,8-9,11,13,17H,7,10,12H2,1-2H3,(H,20,21)(H,22,23);/q;+1/p-1. The number of hydrogen-bond donors (Lipinski definition) is 1. The largest absolute Gasteiger partial charge is 1.00 e. The SMILES string of the molecule is CC(C)CCC(=O)NC(Cc1ccc2ccccc2c1)C(=O)[O-].[Na+]. The molecule has 122 valence electrons. The number of carboxylic acids is 1. The summed E-state index contributed by atoms with van der Waals surface area (Å²) in [4.78, 5) is 23.2. The van der Waals surface area contributed by atoms with E-state index in [1.54, 1.807) is 0 Å². The number of carbonyl (C=O) groups excluding carboxylic acids is 2. The number of fused-ring (bicyclic) bond motifs is 1. The molecule has 0 aromatic heterocycles. The molecule has 0 radical (unpaired) electrons. The third-order valence-corrected chi connectivity index (χ3v) is 3.82. The second kappa shape index (κ2) is 9.82. The van der Waals surface area contributed by atoms with Crippen LogP contribution in [-0.2, 0) is 16.0 Å². The number of nitrogens with one attached hydrogen (secondary N) is 1. The molecule has 2 aromatic rings. The summed E-state index contributed by atoms with van der Waals surface area (Å²) in [5.41, 5.74) is 0.863. The third-order valence-electron chi connectivity index (χ3n) is 3.82. The van der Waals surface area contributed by atoms with Crippen LogP contribution in [0.25, 0.3) is 10.8 Å². The van der Waals surface area contributed by atoms with Gasteiger partial charge < -0.3 is 15.2 Å². The van der Waals surface area contributed by atoms with Crippen LogP contribution in [0.4, 0.5) is 0 Å². The fourth-order valence-corrected chi connectivity index (χ4v) is 2.48. The van der Waals surface area contributed by atoms with Gasteiger partial charge in [-0.3, -0.25) is 4.79 Å². The number of carboxylic acid groups (broad SMARTS) is 1. The van der Waals surface area contributed by atoms with Gasteiger partial charge in [0, 0.05) is 6.42 Å².